The number of likely N-dealkylation sites (N-methyl/N-ethyl adjacent to an activating group) is 1. The summed E-state index contributed by atoms with van der Waals surface area (Å²) in [7, 11) is -4.20. The molecule has 12 heteroatoms. The van der Waals surface area contributed by atoms with Crippen molar-refractivity contribution in [2.45, 2.75) is 43.2 Å². The number of sulfone groups is 1. The Morgan fingerprint density at radius 1 is 1.22 bits per heavy atom. The molecule has 2 aliphatic rings. The number of ether oxygens (including phenoxy) is 2. The first kappa shape index (κ1) is 24.5. The van der Waals surface area contributed by atoms with Crippen molar-refractivity contribution < 1.29 is 35.9 Å². The zero-order valence-corrected chi connectivity index (χ0v) is 19.9. The van der Waals surface area contributed by atoms with Gasteiger partial charge in [0.05, 0.1) is 24.2 Å². The van der Waals surface area contributed by atoms with Gasteiger partial charge in [-0.15, -0.1) is 0 Å². The highest BCUT2D eigenvalue weighted by molar-refractivity contribution is 7.91. The van der Waals surface area contributed by atoms with Crippen LogP contribution in [0.5, 0.6) is 5.75 Å². The molecule has 10 nitrogen and oxygen atoms in total. The van der Waals surface area contributed by atoms with E-state index in [0.29, 0.717) is 19.5 Å². The fourth-order valence-electron chi connectivity index (χ4n) is 3.90. The molecule has 1 aromatic rings. The third kappa shape index (κ3) is 5.07. The van der Waals surface area contributed by atoms with Gasteiger partial charge in [0.15, 0.2) is 15.9 Å². The molecule has 2 fully saturated rings. The van der Waals surface area contributed by atoms with Crippen molar-refractivity contribution in [2.24, 2.45) is 0 Å². The summed E-state index contributed by atoms with van der Waals surface area (Å²) in [6.07, 6.45) is 0.690. The summed E-state index contributed by atoms with van der Waals surface area (Å²) in [6, 6.07) is 3.47. The average Bonchev–Trinajstić information content (AvgIpc) is 3.42. The molecule has 0 spiro atoms. The smallest absolute Gasteiger partial charge is 0.338 e. The summed E-state index contributed by atoms with van der Waals surface area (Å²) in [5, 5.41) is 0. The Bertz CT molecular complexity index is 1090. The lowest BCUT2D eigenvalue weighted by atomic mass is 10.2. The van der Waals surface area contributed by atoms with Gasteiger partial charge in [-0.3, -0.25) is 4.79 Å². The van der Waals surface area contributed by atoms with Gasteiger partial charge in [-0.1, -0.05) is 0 Å². The number of nitrogens with zero attached hydrogens (tertiary/aromatic N) is 2. The fourth-order valence-corrected chi connectivity index (χ4v) is 7.37. The van der Waals surface area contributed by atoms with Gasteiger partial charge in [0.1, 0.15) is 10.6 Å². The lowest BCUT2D eigenvalue weighted by molar-refractivity contribution is -0.140. The maximum atomic E-state index is 13.0. The van der Waals surface area contributed by atoms with Crippen molar-refractivity contribution >= 4 is 31.7 Å². The zero-order valence-electron chi connectivity index (χ0n) is 18.3. The predicted molar refractivity (Wildman–Crippen MR) is 116 cm³/mol. The molecule has 178 valence electrons. The van der Waals surface area contributed by atoms with Gasteiger partial charge in [-0.25, -0.2) is 21.6 Å². The van der Waals surface area contributed by atoms with Crippen LogP contribution in [-0.2, 0) is 29.4 Å². The van der Waals surface area contributed by atoms with Crippen molar-refractivity contribution in [3.05, 3.63) is 23.8 Å². The van der Waals surface area contributed by atoms with E-state index in [1.165, 1.54) is 48.5 Å². The van der Waals surface area contributed by atoms with Crippen LogP contribution in [0.25, 0.3) is 0 Å². The van der Waals surface area contributed by atoms with E-state index >= 15 is 0 Å². The molecule has 0 saturated carbocycles. The molecule has 0 radical (unpaired) electrons. The molecule has 0 aliphatic carbocycles. The van der Waals surface area contributed by atoms with Crippen LogP contribution in [-0.4, -0.2) is 88.8 Å². The summed E-state index contributed by atoms with van der Waals surface area (Å²) in [5.41, 5.74) is -0.0330. The van der Waals surface area contributed by atoms with E-state index in [4.69, 9.17) is 9.47 Å². The quantitative estimate of drug-likeness (QED) is 0.513. The number of esters is 1. The Balaban J connectivity index is 1.75. The van der Waals surface area contributed by atoms with Gasteiger partial charge in [0.2, 0.25) is 10.0 Å². The number of benzene rings is 1. The summed E-state index contributed by atoms with van der Waals surface area (Å²) < 4.78 is 61.1. The summed E-state index contributed by atoms with van der Waals surface area (Å²) in [5.74, 6) is -1.38. The maximum Gasteiger partial charge on any atom is 0.338 e. The Kier molecular flexibility index (Phi) is 7.15. The van der Waals surface area contributed by atoms with E-state index in [2.05, 4.69) is 0 Å². The lowest BCUT2D eigenvalue weighted by Gasteiger charge is -2.26. The number of hydrogen-bond donors (Lipinski definition) is 0. The van der Waals surface area contributed by atoms with Crippen LogP contribution in [0.15, 0.2) is 23.1 Å². The van der Waals surface area contributed by atoms with E-state index in [1.54, 1.807) is 0 Å². The monoisotopic (exact) mass is 488 g/mol. The van der Waals surface area contributed by atoms with E-state index < -0.39 is 43.9 Å². The molecule has 0 unspecified atom stereocenters. The number of carbonyl (C=O) groups is 2. The molecule has 2 aliphatic heterocycles. The molecule has 32 heavy (non-hydrogen) atoms. The highest BCUT2D eigenvalue weighted by Crippen LogP contribution is 2.30. The van der Waals surface area contributed by atoms with Gasteiger partial charge in [0.25, 0.3) is 5.91 Å². The van der Waals surface area contributed by atoms with Crippen molar-refractivity contribution in [1.29, 1.82) is 0 Å². The minimum atomic E-state index is -3.85. The fraction of sp³-hybridized carbons (Fsp3) is 0.600. The van der Waals surface area contributed by atoms with Gasteiger partial charge in [-0.2, -0.15) is 4.31 Å². The topological polar surface area (TPSA) is 127 Å². The maximum absolute atomic E-state index is 13.0. The largest absolute Gasteiger partial charge is 0.495 e. The molecule has 2 heterocycles. The molecule has 3 rings (SSSR count). The first-order valence-electron chi connectivity index (χ1n) is 10.3. The van der Waals surface area contributed by atoms with Crippen LogP contribution >= 0.6 is 0 Å². The second-order valence-corrected chi connectivity index (χ2v) is 12.2. The third-order valence-electron chi connectivity index (χ3n) is 5.82. The summed E-state index contributed by atoms with van der Waals surface area (Å²) in [4.78, 5) is 26.5. The molecule has 2 atom stereocenters. The van der Waals surface area contributed by atoms with Gasteiger partial charge in [0, 0.05) is 26.2 Å². The van der Waals surface area contributed by atoms with E-state index in [9.17, 15) is 26.4 Å². The number of methoxy groups -OCH3 is 1. The Hall–Kier alpha value is -2.18. The average molecular weight is 489 g/mol. The standard InChI is InChI=1S/C20H28N2O8S2/c1-14(19(23)21(2)16-8-11-31(25,26)13-16)30-20(24)15-6-7-17(29-3)18(12-15)32(27,28)22-9-4-5-10-22/h6-7,12,14,16H,4-5,8-11,13H2,1-3H3/t14-,16-/m0/s1. The molecule has 2 saturated heterocycles. The Labute approximate surface area is 188 Å². The molecule has 1 amide bonds. The highest BCUT2D eigenvalue weighted by Gasteiger charge is 2.35. The summed E-state index contributed by atoms with van der Waals surface area (Å²) in [6.45, 7) is 2.19. The van der Waals surface area contributed by atoms with Crippen molar-refractivity contribution in [1.82, 2.24) is 9.21 Å². The van der Waals surface area contributed by atoms with E-state index in [1.807, 2.05) is 0 Å². The Morgan fingerprint density at radius 3 is 2.44 bits per heavy atom. The van der Waals surface area contributed by atoms with Gasteiger partial charge < -0.3 is 14.4 Å². The van der Waals surface area contributed by atoms with Crippen molar-refractivity contribution in [2.75, 3.05) is 38.8 Å². The third-order valence-corrected chi connectivity index (χ3v) is 9.49. The number of amides is 1. The van der Waals surface area contributed by atoms with Crippen molar-refractivity contribution in [3.63, 3.8) is 0 Å². The molecule has 1 aromatic carbocycles. The minimum absolute atomic E-state index is 0.0174. The van der Waals surface area contributed by atoms with Gasteiger partial charge >= 0.3 is 5.97 Å². The van der Waals surface area contributed by atoms with Crippen LogP contribution in [0.4, 0.5) is 0 Å². The molecular formula is C20H28N2O8S2. The van der Waals surface area contributed by atoms with E-state index in [0.717, 1.165) is 12.8 Å². The molecular weight excluding hydrogens is 460 g/mol. The molecule has 0 bridgehead atoms. The van der Waals surface area contributed by atoms with Crippen LogP contribution in [0.3, 0.4) is 0 Å². The van der Waals surface area contributed by atoms with E-state index in [-0.39, 0.29) is 27.7 Å². The zero-order chi connectivity index (χ0) is 23.7. The number of sulfonamides is 1. The molecule has 0 N–H and O–H groups in total. The highest BCUT2D eigenvalue weighted by atomic mass is 32.2. The number of carbonyl (C=O) groups excluding carboxylic acids is 2. The van der Waals surface area contributed by atoms with Crippen LogP contribution in [0.2, 0.25) is 0 Å². The first-order chi connectivity index (χ1) is 15.0. The minimum Gasteiger partial charge on any atom is -0.495 e. The number of hydrogen-bond acceptors (Lipinski definition) is 8. The Morgan fingerprint density at radius 2 is 1.88 bits per heavy atom. The second kappa shape index (κ2) is 9.36. The second-order valence-electron chi connectivity index (χ2n) is 8.03. The lowest BCUT2D eigenvalue weighted by Crippen LogP contribution is -2.44. The van der Waals surface area contributed by atoms with Crippen LogP contribution < -0.4 is 4.74 Å². The SMILES string of the molecule is COc1ccc(C(=O)O[C@@H](C)C(=O)N(C)[C@H]2CCS(=O)(=O)C2)cc1S(=O)(=O)N1CCCC1. The predicted octanol–water partition coefficient (Wildman–Crippen LogP) is 0.671. The van der Waals surface area contributed by atoms with Crippen LogP contribution in [0, 0.1) is 0 Å². The van der Waals surface area contributed by atoms with Crippen molar-refractivity contribution in [3.8, 4) is 5.75 Å². The first-order valence-corrected chi connectivity index (χ1v) is 13.6. The van der Waals surface area contributed by atoms with Crippen LogP contribution in [0.1, 0.15) is 36.5 Å². The normalized spacial score (nSPS) is 21.8. The number of rotatable bonds is 7. The summed E-state index contributed by atoms with van der Waals surface area (Å²) >= 11 is 0. The van der Waals surface area contributed by atoms with Gasteiger partial charge in [-0.05, 0) is 44.4 Å². The molecule has 0 aromatic heterocycles.